The van der Waals surface area contributed by atoms with Crippen LogP contribution in [-0.2, 0) is 13.1 Å². The fourth-order valence-electron chi connectivity index (χ4n) is 5.61. The lowest BCUT2D eigenvalue weighted by atomic mass is 10.0. The van der Waals surface area contributed by atoms with Gasteiger partial charge in [0.15, 0.2) is 5.82 Å². The Balaban J connectivity index is 1.29. The Bertz CT molecular complexity index is 1740. The van der Waals surface area contributed by atoms with E-state index in [2.05, 4.69) is 94.0 Å². The van der Waals surface area contributed by atoms with Gasteiger partial charge in [-0.1, -0.05) is 60.7 Å². The van der Waals surface area contributed by atoms with E-state index < -0.39 is 0 Å². The average molecular weight is 500 g/mol. The second-order valence-electron chi connectivity index (χ2n) is 10.1. The first-order valence-electron chi connectivity index (χ1n) is 13.2. The second kappa shape index (κ2) is 9.43. The minimum Gasteiger partial charge on any atom is -0.382 e. The third-order valence-corrected chi connectivity index (χ3v) is 7.46. The van der Waals surface area contributed by atoms with Gasteiger partial charge in [-0.25, -0.2) is 9.50 Å². The van der Waals surface area contributed by atoms with Gasteiger partial charge < -0.3 is 5.73 Å². The van der Waals surface area contributed by atoms with Crippen molar-refractivity contribution >= 4 is 22.2 Å². The van der Waals surface area contributed by atoms with Crippen molar-refractivity contribution in [1.82, 2.24) is 29.3 Å². The minimum atomic E-state index is 0.462. The smallest absolute Gasteiger partial charge is 0.152 e. The SMILES string of the molecule is Nc1ncnn2c(-c3cccc(CN4CCCC4)c3)cc(-c3ccc4cn(Cc5ccccc5)nc4c3)c12. The fourth-order valence-corrected chi connectivity index (χ4v) is 5.61. The molecule has 0 aliphatic carbocycles. The molecule has 0 atom stereocenters. The summed E-state index contributed by atoms with van der Waals surface area (Å²) < 4.78 is 3.92. The maximum atomic E-state index is 6.43. The van der Waals surface area contributed by atoms with Crippen molar-refractivity contribution in [2.24, 2.45) is 0 Å². The molecule has 7 rings (SSSR count). The molecule has 1 fully saturated rings. The van der Waals surface area contributed by atoms with Crippen LogP contribution in [0.5, 0.6) is 0 Å². The maximum Gasteiger partial charge on any atom is 0.152 e. The normalized spacial score (nSPS) is 14.1. The first-order valence-corrected chi connectivity index (χ1v) is 13.2. The van der Waals surface area contributed by atoms with Gasteiger partial charge in [0.1, 0.15) is 11.8 Å². The molecule has 1 saturated heterocycles. The summed E-state index contributed by atoms with van der Waals surface area (Å²) in [5.41, 5.74) is 14.9. The van der Waals surface area contributed by atoms with Crippen LogP contribution in [0.1, 0.15) is 24.0 Å². The van der Waals surface area contributed by atoms with Gasteiger partial charge in [0.2, 0.25) is 0 Å². The van der Waals surface area contributed by atoms with Gasteiger partial charge in [-0.05, 0) is 60.8 Å². The molecule has 0 amide bonds. The van der Waals surface area contributed by atoms with Gasteiger partial charge in [0.05, 0.1) is 17.8 Å². The summed E-state index contributed by atoms with van der Waals surface area (Å²) in [7, 11) is 0. The number of nitrogens with two attached hydrogens (primary N) is 1. The van der Waals surface area contributed by atoms with Gasteiger partial charge in [0, 0.05) is 29.3 Å². The molecule has 7 nitrogen and oxygen atoms in total. The number of nitrogen functional groups attached to an aromatic ring is 1. The van der Waals surface area contributed by atoms with E-state index in [0.29, 0.717) is 5.82 Å². The van der Waals surface area contributed by atoms with E-state index in [1.54, 1.807) is 0 Å². The quantitative estimate of drug-likeness (QED) is 0.321. The lowest BCUT2D eigenvalue weighted by Gasteiger charge is -2.15. The second-order valence-corrected chi connectivity index (χ2v) is 10.1. The summed E-state index contributed by atoms with van der Waals surface area (Å²) in [5.74, 6) is 0.462. The van der Waals surface area contributed by atoms with Crippen molar-refractivity contribution in [3.8, 4) is 22.4 Å². The molecule has 3 aromatic heterocycles. The predicted octanol–water partition coefficient (Wildman–Crippen LogP) is 5.64. The monoisotopic (exact) mass is 499 g/mol. The summed E-state index contributed by atoms with van der Waals surface area (Å²) in [6.07, 6.45) is 6.20. The van der Waals surface area contributed by atoms with Gasteiger partial charge in [0.25, 0.3) is 0 Å². The molecule has 7 heteroatoms. The standard InChI is InChI=1S/C31H29N7/c32-31-30-27(24-11-12-26-20-37(35-28(26)16-24)19-22-7-2-1-3-8-22)17-29(38(30)34-21-33-31)25-10-6-9-23(15-25)18-36-13-4-5-14-36/h1-3,6-12,15-17,20-21H,4-5,13-14,18-19H2,(H2,32,33,34). The summed E-state index contributed by atoms with van der Waals surface area (Å²) in [5, 5.41) is 10.6. The van der Waals surface area contributed by atoms with E-state index in [9.17, 15) is 0 Å². The number of anilines is 1. The lowest BCUT2D eigenvalue weighted by Crippen LogP contribution is -2.18. The Labute approximate surface area is 221 Å². The van der Waals surface area contributed by atoms with Crippen LogP contribution in [0.4, 0.5) is 5.82 Å². The number of hydrogen-bond acceptors (Lipinski definition) is 5. The molecule has 4 heterocycles. The van der Waals surface area contributed by atoms with Crippen molar-refractivity contribution in [3.05, 3.63) is 103 Å². The lowest BCUT2D eigenvalue weighted by molar-refractivity contribution is 0.331. The highest BCUT2D eigenvalue weighted by Crippen LogP contribution is 2.36. The highest BCUT2D eigenvalue weighted by Gasteiger charge is 2.18. The summed E-state index contributed by atoms with van der Waals surface area (Å²) in [4.78, 5) is 6.84. The number of hydrogen-bond donors (Lipinski definition) is 1. The number of likely N-dealkylation sites (tertiary alicyclic amines) is 1. The first-order chi connectivity index (χ1) is 18.7. The van der Waals surface area contributed by atoms with Crippen molar-refractivity contribution in [2.45, 2.75) is 25.9 Å². The van der Waals surface area contributed by atoms with Gasteiger partial charge in [-0.15, -0.1) is 0 Å². The molecule has 0 saturated carbocycles. The van der Waals surface area contributed by atoms with Crippen LogP contribution in [0.25, 0.3) is 38.8 Å². The Morgan fingerprint density at radius 3 is 2.50 bits per heavy atom. The molecule has 6 aromatic rings. The average Bonchev–Trinajstić information content (AvgIpc) is 3.68. The van der Waals surface area contributed by atoms with Crippen LogP contribution in [0, 0.1) is 0 Å². The van der Waals surface area contributed by atoms with Gasteiger partial charge in [-0.2, -0.15) is 10.2 Å². The molecule has 1 aliphatic rings. The number of fused-ring (bicyclic) bond motifs is 2. The molecule has 2 N–H and O–H groups in total. The van der Waals surface area contributed by atoms with Crippen LogP contribution in [0.3, 0.4) is 0 Å². The van der Waals surface area contributed by atoms with Crippen molar-refractivity contribution < 1.29 is 0 Å². The highest BCUT2D eigenvalue weighted by atomic mass is 15.3. The van der Waals surface area contributed by atoms with E-state index in [1.807, 2.05) is 15.3 Å². The van der Waals surface area contributed by atoms with Gasteiger partial charge >= 0.3 is 0 Å². The number of aromatic nitrogens is 5. The fraction of sp³-hybridized carbons (Fsp3) is 0.194. The Hall–Kier alpha value is -4.49. The van der Waals surface area contributed by atoms with Crippen LogP contribution in [-0.4, -0.2) is 42.4 Å². The van der Waals surface area contributed by atoms with Crippen LogP contribution >= 0.6 is 0 Å². The zero-order valence-electron chi connectivity index (χ0n) is 21.2. The molecule has 0 unspecified atom stereocenters. The van der Waals surface area contributed by atoms with E-state index in [1.165, 1.54) is 43.4 Å². The molecular formula is C31H29N7. The molecule has 0 radical (unpaired) electrons. The Kier molecular flexibility index (Phi) is 5.63. The molecule has 1 aliphatic heterocycles. The largest absolute Gasteiger partial charge is 0.382 e. The van der Waals surface area contributed by atoms with Crippen LogP contribution in [0.15, 0.2) is 91.4 Å². The first kappa shape index (κ1) is 22.7. The number of rotatable bonds is 6. The Morgan fingerprint density at radius 2 is 1.63 bits per heavy atom. The van der Waals surface area contributed by atoms with Crippen molar-refractivity contribution in [3.63, 3.8) is 0 Å². The van der Waals surface area contributed by atoms with E-state index in [4.69, 9.17) is 10.8 Å². The highest BCUT2D eigenvalue weighted by molar-refractivity contribution is 5.95. The molecule has 38 heavy (non-hydrogen) atoms. The van der Waals surface area contributed by atoms with E-state index in [0.717, 1.165) is 51.9 Å². The van der Waals surface area contributed by atoms with E-state index in [-0.39, 0.29) is 0 Å². The molecular weight excluding hydrogens is 470 g/mol. The zero-order chi connectivity index (χ0) is 25.5. The topological polar surface area (TPSA) is 77.3 Å². The number of nitrogens with zero attached hydrogens (tertiary/aromatic N) is 6. The molecule has 0 bridgehead atoms. The number of benzene rings is 3. The van der Waals surface area contributed by atoms with Crippen molar-refractivity contribution in [2.75, 3.05) is 18.8 Å². The summed E-state index contributed by atoms with van der Waals surface area (Å²) >= 11 is 0. The summed E-state index contributed by atoms with van der Waals surface area (Å²) in [6.45, 7) is 4.06. The third-order valence-electron chi connectivity index (χ3n) is 7.46. The van der Waals surface area contributed by atoms with Crippen LogP contribution < -0.4 is 5.73 Å². The Morgan fingerprint density at radius 1 is 0.789 bits per heavy atom. The zero-order valence-corrected chi connectivity index (χ0v) is 21.2. The predicted molar refractivity (Wildman–Crippen MR) is 152 cm³/mol. The van der Waals surface area contributed by atoms with E-state index >= 15 is 0 Å². The maximum absolute atomic E-state index is 6.43. The third kappa shape index (κ3) is 4.21. The molecule has 3 aromatic carbocycles. The summed E-state index contributed by atoms with van der Waals surface area (Å²) in [6, 6.07) is 27.7. The van der Waals surface area contributed by atoms with Crippen molar-refractivity contribution in [1.29, 1.82) is 0 Å². The minimum absolute atomic E-state index is 0.462. The van der Waals surface area contributed by atoms with Crippen LogP contribution in [0.2, 0.25) is 0 Å². The molecule has 188 valence electrons. The van der Waals surface area contributed by atoms with Gasteiger partial charge in [-0.3, -0.25) is 9.58 Å². The molecule has 0 spiro atoms.